The number of aliphatic imine (C=N–C) groups is 1. The van der Waals surface area contributed by atoms with Crippen molar-refractivity contribution in [2.45, 2.75) is 25.3 Å². The number of fused-ring (bicyclic) bond motifs is 1. The first-order valence-electron chi connectivity index (χ1n) is 11.7. The van der Waals surface area contributed by atoms with E-state index in [1.165, 1.54) is 11.8 Å². The molecule has 36 heavy (non-hydrogen) atoms. The summed E-state index contributed by atoms with van der Waals surface area (Å²) in [5.74, 6) is -0.0659. The highest BCUT2D eigenvalue weighted by atomic mass is 32.2. The van der Waals surface area contributed by atoms with Gasteiger partial charge in [-0.3, -0.25) is 9.69 Å². The molecule has 180 valence electrons. The summed E-state index contributed by atoms with van der Waals surface area (Å²) in [6.45, 7) is 5.20. The highest BCUT2D eigenvalue weighted by molar-refractivity contribution is 8.19. The van der Waals surface area contributed by atoms with Gasteiger partial charge in [0.15, 0.2) is 5.17 Å². The summed E-state index contributed by atoms with van der Waals surface area (Å²) in [4.78, 5) is 24.4. The van der Waals surface area contributed by atoms with Crippen molar-refractivity contribution in [2.75, 3.05) is 23.8 Å². The predicted molar refractivity (Wildman–Crippen MR) is 149 cm³/mol. The number of rotatable bonds is 5. The monoisotopic (exact) mass is 511 g/mol. The maximum absolute atomic E-state index is 13.9. The van der Waals surface area contributed by atoms with Crippen LogP contribution in [0.25, 0.3) is 0 Å². The van der Waals surface area contributed by atoms with Crippen LogP contribution in [0.2, 0.25) is 0 Å². The van der Waals surface area contributed by atoms with E-state index in [9.17, 15) is 10.1 Å². The number of nitrogens with zero attached hydrogens (tertiary/aromatic N) is 4. The quantitative estimate of drug-likeness (QED) is 0.396. The average molecular weight is 512 g/mol. The fourth-order valence-corrected chi connectivity index (χ4v) is 6.52. The third-order valence-electron chi connectivity index (χ3n) is 5.93. The smallest absolute Gasteiger partial charge is 0.269 e. The van der Waals surface area contributed by atoms with Gasteiger partial charge >= 0.3 is 0 Å². The molecule has 3 aromatic carbocycles. The second kappa shape index (κ2) is 10.1. The predicted octanol–water partition coefficient (Wildman–Crippen LogP) is 6.47. The Kier molecular flexibility index (Phi) is 6.77. The largest absolute Gasteiger partial charge is 0.384 e. The first-order chi connectivity index (χ1) is 17.5. The summed E-state index contributed by atoms with van der Waals surface area (Å²) in [5.41, 5.74) is 5.26. The number of aryl methyl sites for hydroxylation is 1. The first-order valence-corrected chi connectivity index (χ1v) is 13.3. The lowest BCUT2D eigenvalue weighted by atomic mass is 10.1. The normalized spacial score (nSPS) is 18.1. The van der Waals surface area contributed by atoms with Crippen molar-refractivity contribution in [2.24, 2.45) is 4.99 Å². The average Bonchev–Trinajstić information content (AvgIpc) is 3.37. The molecule has 1 N–H and O–H groups in total. The Morgan fingerprint density at radius 1 is 1.06 bits per heavy atom. The highest BCUT2D eigenvalue weighted by Crippen LogP contribution is 2.50. The number of anilines is 2. The van der Waals surface area contributed by atoms with Gasteiger partial charge in [0.2, 0.25) is 0 Å². The molecule has 2 aliphatic rings. The van der Waals surface area contributed by atoms with E-state index in [4.69, 9.17) is 4.99 Å². The topological polar surface area (TPSA) is 71.7 Å². The Bertz CT molecular complexity index is 1460. The van der Waals surface area contributed by atoms with E-state index in [1.807, 2.05) is 57.3 Å². The molecule has 0 saturated carbocycles. The third-order valence-corrected chi connectivity index (χ3v) is 8.36. The zero-order valence-corrected chi connectivity index (χ0v) is 21.9. The van der Waals surface area contributed by atoms with Gasteiger partial charge in [0.25, 0.3) is 5.91 Å². The second-order valence-electron chi connectivity index (χ2n) is 8.51. The summed E-state index contributed by atoms with van der Waals surface area (Å²) in [6.07, 6.45) is 0. The van der Waals surface area contributed by atoms with Gasteiger partial charge in [-0.2, -0.15) is 5.26 Å². The van der Waals surface area contributed by atoms with Crippen LogP contribution in [0, 0.1) is 18.3 Å². The van der Waals surface area contributed by atoms with Gasteiger partial charge in [0.05, 0.1) is 40.3 Å². The summed E-state index contributed by atoms with van der Waals surface area (Å²) in [5, 5.41) is 14.3. The van der Waals surface area contributed by atoms with E-state index in [0.29, 0.717) is 27.9 Å². The number of nitriles is 1. The van der Waals surface area contributed by atoms with Gasteiger partial charge < -0.3 is 10.2 Å². The number of hydrogen-bond donors (Lipinski definition) is 1. The zero-order chi connectivity index (χ0) is 25.2. The van der Waals surface area contributed by atoms with Crippen molar-refractivity contribution in [1.82, 2.24) is 4.90 Å². The second-order valence-corrected chi connectivity index (χ2v) is 10.5. The van der Waals surface area contributed by atoms with Crippen LogP contribution < -0.4 is 10.2 Å². The lowest BCUT2D eigenvalue weighted by molar-refractivity contribution is -0.122. The van der Waals surface area contributed by atoms with Gasteiger partial charge in [0, 0.05) is 18.5 Å². The molecule has 0 spiro atoms. The molecule has 2 aliphatic heterocycles. The van der Waals surface area contributed by atoms with Crippen LogP contribution in [0.3, 0.4) is 0 Å². The maximum Gasteiger partial charge on any atom is 0.269 e. The van der Waals surface area contributed by atoms with E-state index in [1.54, 1.807) is 28.8 Å². The number of benzene rings is 3. The Morgan fingerprint density at radius 2 is 1.89 bits per heavy atom. The molecule has 5 rings (SSSR count). The zero-order valence-electron chi connectivity index (χ0n) is 20.3. The third kappa shape index (κ3) is 4.60. The maximum atomic E-state index is 13.9. The number of thioether (sulfide) groups is 2. The standard InChI is InChI=1S/C28H25N5OS2/c1-4-30-21-13-12-19(16-29)15-22(21)31-28-33(17-20-9-7-8-18(2)14-20)26(34)25(36-28)27-32(3)23-10-5-6-11-24(23)35-27/h5-15,30H,4,17H2,1-3H3/b27-25-,31-28-. The van der Waals surface area contributed by atoms with Crippen LogP contribution in [-0.4, -0.2) is 29.6 Å². The Balaban J connectivity index is 1.60. The number of amidine groups is 1. The van der Waals surface area contributed by atoms with E-state index in [-0.39, 0.29) is 5.91 Å². The molecule has 0 atom stereocenters. The molecular weight excluding hydrogens is 486 g/mol. The SMILES string of the molecule is CCNc1ccc(C#N)cc1/N=C1\S/C(=C2\Sc3ccccc3N2C)C(=O)N1Cc1cccc(C)c1. The van der Waals surface area contributed by atoms with E-state index < -0.39 is 0 Å². The minimum absolute atomic E-state index is 0.0659. The minimum atomic E-state index is -0.0659. The molecule has 3 aromatic rings. The van der Waals surface area contributed by atoms with Crippen LogP contribution in [0.1, 0.15) is 23.6 Å². The van der Waals surface area contributed by atoms with E-state index in [0.717, 1.165) is 39.0 Å². The summed E-state index contributed by atoms with van der Waals surface area (Å²) < 4.78 is 0. The van der Waals surface area contributed by atoms with Gasteiger partial charge in [-0.25, -0.2) is 4.99 Å². The number of hydrogen-bond acceptors (Lipinski definition) is 7. The highest BCUT2D eigenvalue weighted by Gasteiger charge is 2.39. The van der Waals surface area contributed by atoms with Crippen LogP contribution in [0.15, 0.2) is 86.6 Å². The first kappa shape index (κ1) is 24.0. The molecule has 1 amide bonds. The van der Waals surface area contributed by atoms with Crippen LogP contribution in [0.5, 0.6) is 0 Å². The van der Waals surface area contributed by atoms with Crippen molar-refractivity contribution in [1.29, 1.82) is 5.26 Å². The van der Waals surface area contributed by atoms with E-state index in [2.05, 4.69) is 34.5 Å². The molecule has 0 aliphatic carbocycles. The number of carbonyl (C=O) groups is 1. The molecule has 0 unspecified atom stereocenters. The summed E-state index contributed by atoms with van der Waals surface area (Å²) in [6, 6.07) is 23.9. The number of para-hydroxylation sites is 1. The van der Waals surface area contributed by atoms with Crippen LogP contribution in [0.4, 0.5) is 17.1 Å². The number of carbonyl (C=O) groups excluding carboxylic acids is 1. The van der Waals surface area contributed by atoms with Gasteiger partial charge in [-0.05, 0) is 61.5 Å². The number of nitrogens with one attached hydrogen (secondary N) is 1. The van der Waals surface area contributed by atoms with Crippen LogP contribution >= 0.6 is 23.5 Å². The lowest BCUT2D eigenvalue weighted by Gasteiger charge is -2.17. The van der Waals surface area contributed by atoms with Crippen molar-refractivity contribution < 1.29 is 4.79 Å². The molecule has 8 heteroatoms. The molecule has 0 bridgehead atoms. The Morgan fingerprint density at radius 3 is 2.64 bits per heavy atom. The molecule has 2 heterocycles. The fraction of sp³-hybridized carbons (Fsp3) is 0.179. The van der Waals surface area contributed by atoms with Crippen molar-refractivity contribution in [3.8, 4) is 6.07 Å². The van der Waals surface area contributed by atoms with Gasteiger partial charge in [-0.15, -0.1) is 0 Å². The molecule has 1 fully saturated rings. The lowest BCUT2D eigenvalue weighted by Crippen LogP contribution is -2.29. The molecule has 0 radical (unpaired) electrons. The van der Waals surface area contributed by atoms with Gasteiger partial charge in [0.1, 0.15) is 4.91 Å². The molecular formula is C28H25N5OS2. The minimum Gasteiger partial charge on any atom is -0.384 e. The number of amides is 1. The Hall–Kier alpha value is -3.67. The van der Waals surface area contributed by atoms with E-state index >= 15 is 0 Å². The van der Waals surface area contributed by atoms with Crippen molar-refractivity contribution in [3.05, 3.63) is 93.4 Å². The van der Waals surface area contributed by atoms with Crippen LogP contribution in [-0.2, 0) is 11.3 Å². The Labute approximate surface area is 219 Å². The van der Waals surface area contributed by atoms with Crippen molar-refractivity contribution in [3.63, 3.8) is 0 Å². The summed E-state index contributed by atoms with van der Waals surface area (Å²) in [7, 11) is 1.99. The fourth-order valence-electron chi connectivity index (χ4n) is 4.19. The molecule has 6 nitrogen and oxygen atoms in total. The van der Waals surface area contributed by atoms with Crippen molar-refractivity contribution >= 4 is 51.7 Å². The molecule has 1 saturated heterocycles. The molecule has 0 aromatic heterocycles. The summed E-state index contributed by atoms with van der Waals surface area (Å²) >= 11 is 3.00. The van der Waals surface area contributed by atoms with Gasteiger partial charge in [-0.1, -0.05) is 53.7 Å².